The summed E-state index contributed by atoms with van der Waals surface area (Å²) in [6, 6.07) is 1.38. The minimum absolute atomic E-state index is 0.107. The highest BCUT2D eigenvalue weighted by atomic mass is 32.2. The van der Waals surface area contributed by atoms with E-state index in [0.29, 0.717) is 20.9 Å². The molecule has 0 saturated heterocycles. The second-order valence-electron chi connectivity index (χ2n) is 4.43. The minimum atomic E-state index is -0.992. The van der Waals surface area contributed by atoms with Gasteiger partial charge in [-0.2, -0.15) is 0 Å². The van der Waals surface area contributed by atoms with Crippen LogP contribution in [0.5, 0.6) is 0 Å². The van der Waals surface area contributed by atoms with Gasteiger partial charge in [0.05, 0.1) is 5.69 Å². The van der Waals surface area contributed by atoms with E-state index < -0.39 is 5.97 Å². The van der Waals surface area contributed by atoms with E-state index in [0.717, 1.165) is 11.3 Å². The van der Waals surface area contributed by atoms with E-state index >= 15 is 0 Å². The highest BCUT2D eigenvalue weighted by molar-refractivity contribution is 8.01. The Balaban J connectivity index is 2.32. The molecule has 0 fully saturated rings. The lowest BCUT2D eigenvalue weighted by Crippen LogP contribution is -2.11. The van der Waals surface area contributed by atoms with Crippen molar-refractivity contribution < 1.29 is 9.90 Å². The molecular formula is C12H13N3O3S2. The first-order chi connectivity index (χ1) is 9.36. The number of aryl methyl sites for hydroxylation is 1. The van der Waals surface area contributed by atoms with Crippen LogP contribution in [0.25, 0.3) is 0 Å². The summed E-state index contributed by atoms with van der Waals surface area (Å²) in [5.41, 5.74) is 0.247. The number of carboxylic acid groups (broad SMARTS) is 1. The summed E-state index contributed by atoms with van der Waals surface area (Å²) in [7, 11) is 0. The average Bonchev–Trinajstić information content (AvgIpc) is 2.69. The van der Waals surface area contributed by atoms with E-state index in [1.807, 2.05) is 13.8 Å². The molecule has 0 atom stereocenters. The molecule has 0 spiro atoms. The Kier molecular flexibility index (Phi) is 4.24. The first-order valence-electron chi connectivity index (χ1n) is 5.86. The Morgan fingerprint density at radius 2 is 2.15 bits per heavy atom. The van der Waals surface area contributed by atoms with E-state index in [9.17, 15) is 9.59 Å². The number of rotatable bonds is 4. The zero-order valence-corrected chi connectivity index (χ0v) is 12.8. The van der Waals surface area contributed by atoms with Crippen LogP contribution in [0.4, 0.5) is 0 Å². The first-order valence-corrected chi connectivity index (χ1v) is 7.50. The van der Waals surface area contributed by atoms with Gasteiger partial charge >= 0.3 is 5.97 Å². The number of nitrogens with zero attached hydrogens (tertiary/aromatic N) is 2. The van der Waals surface area contributed by atoms with Crippen molar-refractivity contribution in [2.75, 3.05) is 0 Å². The van der Waals surface area contributed by atoms with Crippen LogP contribution >= 0.6 is 23.1 Å². The molecule has 0 aliphatic heterocycles. The van der Waals surface area contributed by atoms with Crippen molar-refractivity contribution in [1.82, 2.24) is 15.0 Å². The quantitative estimate of drug-likeness (QED) is 0.842. The van der Waals surface area contributed by atoms with Gasteiger partial charge in [0, 0.05) is 12.0 Å². The molecule has 8 heteroatoms. The van der Waals surface area contributed by atoms with Gasteiger partial charge in [0.15, 0.2) is 4.34 Å². The van der Waals surface area contributed by atoms with E-state index in [1.54, 1.807) is 6.92 Å². The number of nitrogens with one attached hydrogen (secondary N) is 1. The van der Waals surface area contributed by atoms with Gasteiger partial charge in [-0.05, 0) is 18.7 Å². The number of carbonyl (C=O) groups is 1. The van der Waals surface area contributed by atoms with Crippen LogP contribution in [0.15, 0.2) is 20.2 Å². The number of H-pyrrole nitrogens is 1. The van der Waals surface area contributed by atoms with Crippen molar-refractivity contribution in [3.8, 4) is 0 Å². The predicted octanol–water partition coefficient (Wildman–Crippen LogP) is 2.51. The molecule has 2 heterocycles. The fourth-order valence-corrected chi connectivity index (χ4v) is 3.46. The molecule has 0 radical (unpaired) electrons. The van der Waals surface area contributed by atoms with E-state index in [-0.39, 0.29) is 16.4 Å². The van der Waals surface area contributed by atoms with Gasteiger partial charge in [-0.3, -0.25) is 4.79 Å². The molecular weight excluding hydrogens is 298 g/mol. The summed E-state index contributed by atoms with van der Waals surface area (Å²) in [6.07, 6.45) is 0. The molecule has 2 aromatic rings. The van der Waals surface area contributed by atoms with Gasteiger partial charge < -0.3 is 10.1 Å². The fraction of sp³-hybridized carbons (Fsp3) is 0.333. The third kappa shape index (κ3) is 3.26. The molecule has 0 amide bonds. The molecule has 20 heavy (non-hydrogen) atoms. The summed E-state index contributed by atoms with van der Waals surface area (Å²) < 4.78 is 0.563. The van der Waals surface area contributed by atoms with Crippen LogP contribution < -0.4 is 5.56 Å². The van der Waals surface area contributed by atoms with Crippen LogP contribution in [0.2, 0.25) is 0 Å². The van der Waals surface area contributed by atoms with Crippen LogP contribution in [0.1, 0.15) is 41.0 Å². The van der Waals surface area contributed by atoms with Gasteiger partial charge in [0.2, 0.25) is 0 Å². The third-order valence-electron chi connectivity index (χ3n) is 2.45. The summed E-state index contributed by atoms with van der Waals surface area (Å²) in [5, 5.41) is 9.51. The molecule has 2 N–H and O–H groups in total. The van der Waals surface area contributed by atoms with Gasteiger partial charge in [-0.1, -0.05) is 25.2 Å². The average molecular weight is 311 g/mol. The van der Waals surface area contributed by atoms with Gasteiger partial charge in [-0.15, -0.1) is 0 Å². The van der Waals surface area contributed by atoms with E-state index in [1.165, 1.54) is 17.8 Å². The Bertz CT molecular complexity index is 706. The smallest absolute Gasteiger partial charge is 0.347 e. The van der Waals surface area contributed by atoms with Gasteiger partial charge in [-0.25, -0.2) is 14.8 Å². The zero-order chi connectivity index (χ0) is 14.9. The molecule has 0 unspecified atom stereocenters. The van der Waals surface area contributed by atoms with Crippen molar-refractivity contribution in [3.05, 3.63) is 32.8 Å². The number of hydrogen-bond donors (Lipinski definition) is 2. The lowest BCUT2D eigenvalue weighted by atomic mass is 10.2. The minimum Gasteiger partial charge on any atom is -0.477 e. The molecule has 0 aliphatic rings. The summed E-state index contributed by atoms with van der Waals surface area (Å²) in [4.78, 5) is 33.9. The Hall–Kier alpha value is -1.67. The van der Waals surface area contributed by atoms with Crippen molar-refractivity contribution in [1.29, 1.82) is 0 Å². The molecule has 2 rings (SSSR count). The second kappa shape index (κ2) is 5.76. The first kappa shape index (κ1) is 14.7. The Morgan fingerprint density at radius 1 is 1.45 bits per heavy atom. The largest absolute Gasteiger partial charge is 0.477 e. The van der Waals surface area contributed by atoms with Crippen LogP contribution in [0, 0.1) is 6.92 Å². The van der Waals surface area contributed by atoms with Crippen LogP contribution in [-0.4, -0.2) is 26.0 Å². The number of aromatic amines is 1. The maximum absolute atomic E-state index is 11.6. The fourth-order valence-electron chi connectivity index (χ4n) is 1.48. The number of aromatic carboxylic acids is 1. The lowest BCUT2D eigenvalue weighted by Gasteiger charge is -2.05. The molecule has 2 aromatic heterocycles. The zero-order valence-electron chi connectivity index (χ0n) is 11.1. The third-order valence-corrected chi connectivity index (χ3v) is 4.57. The molecule has 0 saturated carbocycles. The van der Waals surface area contributed by atoms with Crippen molar-refractivity contribution in [2.24, 2.45) is 0 Å². The van der Waals surface area contributed by atoms with E-state index in [2.05, 4.69) is 15.0 Å². The molecule has 0 aliphatic carbocycles. The lowest BCUT2D eigenvalue weighted by molar-refractivity contribution is 0.0701. The highest BCUT2D eigenvalue weighted by Crippen LogP contribution is 2.31. The molecule has 0 bridgehead atoms. The molecule has 106 valence electrons. The SMILES string of the molecule is Cc1nc(Sc2cc(=O)[nH]c(C(C)C)n2)sc1C(=O)O. The number of thiazole rings is 1. The van der Waals surface area contributed by atoms with Crippen molar-refractivity contribution >= 4 is 29.1 Å². The standard InChI is InChI=1S/C12H13N3O3S2/c1-5(2)10-14-7(16)4-8(15-10)19-12-13-6(3)9(20-12)11(17)18/h4-5H,1-3H3,(H,17,18)(H,14,15,16). The van der Waals surface area contributed by atoms with E-state index in [4.69, 9.17) is 5.11 Å². The summed E-state index contributed by atoms with van der Waals surface area (Å²) in [5.74, 6) is -0.281. The highest BCUT2D eigenvalue weighted by Gasteiger charge is 2.15. The normalized spacial score (nSPS) is 11.0. The number of carboxylic acids is 1. The van der Waals surface area contributed by atoms with Gasteiger partial charge in [0.1, 0.15) is 15.7 Å². The summed E-state index contributed by atoms with van der Waals surface area (Å²) in [6.45, 7) is 5.51. The van der Waals surface area contributed by atoms with Crippen molar-refractivity contribution in [2.45, 2.75) is 36.1 Å². The number of aromatic nitrogens is 3. The maximum Gasteiger partial charge on any atom is 0.347 e. The second-order valence-corrected chi connectivity index (χ2v) is 6.69. The monoisotopic (exact) mass is 311 g/mol. The number of hydrogen-bond acceptors (Lipinski definition) is 6. The van der Waals surface area contributed by atoms with Crippen LogP contribution in [0.3, 0.4) is 0 Å². The predicted molar refractivity (Wildman–Crippen MR) is 76.9 cm³/mol. The molecule has 0 aromatic carbocycles. The van der Waals surface area contributed by atoms with Crippen molar-refractivity contribution in [3.63, 3.8) is 0 Å². The Morgan fingerprint density at radius 3 is 2.70 bits per heavy atom. The molecule has 6 nitrogen and oxygen atoms in total. The van der Waals surface area contributed by atoms with Gasteiger partial charge in [0.25, 0.3) is 5.56 Å². The topological polar surface area (TPSA) is 95.9 Å². The Labute approximate surface area is 123 Å². The van der Waals surface area contributed by atoms with Crippen LogP contribution in [-0.2, 0) is 0 Å². The summed E-state index contributed by atoms with van der Waals surface area (Å²) >= 11 is 2.28. The maximum atomic E-state index is 11.6.